The fraction of sp³-hybridized carbons (Fsp3) is 0.200. The summed E-state index contributed by atoms with van der Waals surface area (Å²) < 4.78 is 9.15. The van der Waals surface area contributed by atoms with Crippen LogP contribution >= 0.6 is 0 Å². The molecule has 0 aliphatic rings. The quantitative estimate of drug-likeness (QED) is 0.295. The van der Waals surface area contributed by atoms with Gasteiger partial charge in [-0.25, -0.2) is 19.2 Å². The number of ether oxygens (including phenoxy) is 2. The van der Waals surface area contributed by atoms with Crippen molar-refractivity contribution in [1.82, 2.24) is 0 Å². The second-order valence-electron chi connectivity index (χ2n) is 4.72. The average Bonchev–Trinajstić information content (AvgIpc) is 2.65. The second kappa shape index (κ2) is 16.8. The highest BCUT2D eigenvalue weighted by atomic mass is 16.5. The van der Waals surface area contributed by atoms with Crippen molar-refractivity contribution in [1.29, 1.82) is 0 Å². The molecule has 0 saturated heterocycles. The van der Waals surface area contributed by atoms with E-state index in [0.29, 0.717) is 0 Å². The Kier molecular flexibility index (Phi) is 15.9. The number of carbonyl (C=O) groups excluding carboxylic acids is 2. The van der Waals surface area contributed by atoms with Gasteiger partial charge in [-0.3, -0.25) is 0 Å². The highest BCUT2D eigenvalue weighted by Crippen LogP contribution is 2.14. The van der Waals surface area contributed by atoms with Crippen LogP contribution in [-0.2, 0) is 28.7 Å². The van der Waals surface area contributed by atoms with Gasteiger partial charge in [0.25, 0.3) is 0 Å². The third-order valence-corrected chi connectivity index (χ3v) is 2.62. The van der Waals surface area contributed by atoms with Gasteiger partial charge in [0.15, 0.2) is 0 Å². The van der Waals surface area contributed by atoms with Gasteiger partial charge in [-0.2, -0.15) is 0 Å². The van der Waals surface area contributed by atoms with Gasteiger partial charge in [-0.1, -0.05) is 37.5 Å². The molecule has 0 aliphatic heterocycles. The molecule has 152 valence electrons. The van der Waals surface area contributed by atoms with Crippen molar-refractivity contribution in [3.05, 3.63) is 73.9 Å². The number of allylic oxidation sites excluding steroid dienone is 2. The molecule has 0 atom stereocenters. The molecule has 0 rings (SSSR count). The third kappa shape index (κ3) is 13.6. The van der Waals surface area contributed by atoms with E-state index in [1.165, 1.54) is 24.3 Å². The maximum Gasteiger partial charge on any atom is 0.332 e. The minimum absolute atomic E-state index is 0.0325. The molecule has 0 aliphatic carbocycles. The second-order valence-corrected chi connectivity index (χ2v) is 4.72. The molecule has 0 spiro atoms. The van der Waals surface area contributed by atoms with Crippen LogP contribution in [-0.4, -0.2) is 47.3 Å². The summed E-state index contributed by atoms with van der Waals surface area (Å²) in [5.41, 5.74) is -0.292. The van der Waals surface area contributed by atoms with Gasteiger partial charge in [0.05, 0.1) is 11.1 Å². The Balaban J connectivity index is 0. The molecule has 0 heterocycles. The van der Waals surface area contributed by atoms with E-state index in [0.717, 1.165) is 12.2 Å². The van der Waals surface area contributed by atoms with Crippen LogP contribution in [0.2, 0.25) is 0 Å². The molecule has 28 heavy (non-hydrogen) atoms. The van der Waals surface area contributed by atoms with E-state index < -0.39 is 23.9 Å². The molecule has 0 amide bonds. The van der Waals surface area contributed by atoms with E-state index >= 15 is 0 Å². The first-order valence-corrected chi connectivity index (χ1v) is 7.88. The standard InChI is InChI=1S/2C10H12O4/c1-3-7-13-9(11)5-6-10(12)14-8-4-2;1-3-5-7(9(11)12)8(6-4-2)10(13)14/h3-6H,1-2,7-8H2;3-4H,1-2,5-6H2,(H,11,12)(H,13,14)/b6-5+;8-7+. The van der Waals surface area contributed by atoms with Crippen molar-refractivity contribution in [2.75, 3.05) is 13.2 Å². The van der Waals surface area contributed by atoms with Crippen LogP contribution in [0.1, 0.15) is 12.8 Å². The summed E-state index contributed by atoms with van der Waals surface area (Å²) in [4.78, 5) is 43.0. The lowest BCUT2D eigenvalue weighted by atomic mass is 10.0. The Morgan fingerprint density at radius 3 is 1.18 bits per heavy atom. The highest BCUT2D eigenvalue weighted by Gasteiger charge is 2.17. The normalized spacial score (nSPS) is 10.4. The summed E-state index contributed by atoms with van der Waals surface area (Å²) in [5.74, 6) is -3.69. The summed E-state index contributed by atoms with van der Waals surface area (Å²) in [7, 11) is 0. The van der Waals surface area contributed by atoms with E-state index in [1.54, 1.807) is 0 Å². The summed E-state index contributed by atoms with van der Waals surface area (Å²) in [6.07, 6.45) is 7.63. The van der Waals surface area contributed by atoms with Crippen LogP contribution in [0, 0.1) is 0 Å². The van der Waals surface area contributed by atoms with Crippen molar-refractivity contribution >= 4 is 23.9 Å². The van der Waals surface area contributed by atoms with Crippen LogP contribution in [0.4, 0.5) is 0 Å². The zero-order chi connectivity index (χ0) is 21.9. The molecule has 0 aromatic carbocycles. The number of hydrogen-bond acceptors (Lipinski definition) is 6. The molecule has 0 radical (unpaired) electrons. The molecule has 0 fully saturated rings. The molecule has 0 aromatic rings. The lowest BCUT2D eigenvalue weighted by molar-refractivity contribution is -0.139. The Labute approximate surface area is 163 Å². The summed E-state index contributed by atoms with van der Waals surface area (Å²) in [6.45, 7) is 13.7. The number of hydrogen-bond donors (Lipinski definition) is 2. The van der Waals surface area contributed by atoms with Gasteiger partial charge in [-0.15, -0.1) is 13.2 Å². The molecule has 8 nitrogen and oxygen atoms in total. The van der Waals surface area contributed by atoms with E-state index in [2.05, 4.69) is 35.8 Å². The number of rotatable bonds is 12. The first-order valence-electron chi connectivity index (χ1n) is 7.88. The maximum absolute atomic E-state index is 10.8. The van der Waals surface area contributed by atoms with Gasteiger partial charge in [0.1, 0.15) is 13.2 Å². The Morgan fingerprint density at radius 1 is 0.643 bits per heavy atom. The number of aliphatic carboxylic acids is 2. The lowest BCUT2D eigenvalue weighted by Crippen LogP contribution is -2.10. The first-order chi connectivity index (χ1) is 13.2. The predicted octanol–water partition coefficient (Wildman–Crippen LogP) is 2.61. The minimum atomic E-state index is -1.23. The molecule has 0 aromatic heterocycles. The fourth-order valence-corrected chi connectivity index (χ4v) is 1.48. The average molecular weight is 392 g/mol. The Bertz CT molecular complexity index is 612. The highest BCUT2D eigenvalue weighted by molar-refractivity contribution is 5.99. The number of carbonyl (C=O) groups is 4. The fourth-order valence-electron chi connectivity index (χ4n) is 1.48. The van der Waals surface area contributed by atoms with Crippen LogP contribution in [0.5, 0.6) is 0 Å². The topological polar surface area (TPSA) is 127 Å². The summed E-state index contributed by atoms with van der Waals surface area (Å²) in [6, 6.07) is 0. The first kappa shape index (κ1) is 26.5. The Hall–Kier alpha value is -3.68. The largest absolute Gasteiger partial charge is 0.478 e. The van der Waals surface area contributed by atoms with Crippen molar-refractivity contribution in [2.45, 2.75) is 12.8 Å². The van der Waals surface area contributed by atoms with Crippen LogP contribution in [0.15, 0.2) is 73.9 Å². The predicted molar refractivity (Wildman–Crippen MR) is 103 cm³/mol. The lowest BCUT2D eigenvalue weighted by Gasteiger charge is -2.04. The van der Waals surface area contributed by atoms with Crippen molar-refractivity contribution in [2.24, 2.45) is 0 Å². The van der Waals surface area contributed by atoms with E-state index in [4.69, 9.17) is 10.2 Å². The zero-order valence-corrected chi connectivity index (χ0v) is 15.5. The molecule has 2 N–H and O–H groups in total. The van der Waals surface area contributed by atoms with Crippen LogP contribution < -0.4 is 0 Å². The van der Waals surface area contributed by atoms with Gasteiger partial charge >= 0.3 is 23.9 Å². The molecular formula is C20H24O8. The summed E-state index contributed by atoms with van der Waals surface area (Å²) >= 11 is 0. The molecule has 8 heteroatoms. The van der Waals surface area contributed by atoms with Gasteiger partial charge in [0, 0.05) is 12.2 Å². The van der Waals surface area contributed by atoms with Crippen molar-refractivity contribution in [3.63, 3.8) is 0 Å². The van der Waals surface area contributed by atoms with Crippen molar-refractivity contribution in [3.8, 4) is 0 Å². The molecular weight excluding hydrogens is 368 g/mol. The monoisotopic (exact) mass is 392 g/mol. The van der Waals surface area contributed by atoms with Gasteiger partial charge < -0.3 is 19.7 Å². The number of carboxylic acids is 2. The van der Waals surface area contributed by atoms with Crippen LogP contribution in [0.25, 0.3) is 0 Å². The zero-order valence-electron chi connectivity index (χ0n) is 15.5. The van der Waals surface area contributed by atoms with Gasteiger partial charge in [-0.05, 0) is 12.8 Å². The number of esters is 2. The third-order valence-electron chi connectivity index (χ3n) is 2.62. The van der Waals surface area contributed by atoms with Gasteiger partial charge in [0.2, 0.25) is 0 Å². The van der Waals surface area contributed by atoms with E-state index in [9.17, 15) is 19.2 Å². The van der Waals surface area contributed by atoms with E-state index in [1.807, 2.05) is 0 Å². The SMILES string of the molecule is C=CC/C(C(=O)O)=C(/CC=C)C(=O)O.C=CCOC(=O)/C=C/C(=O)OCC=C. The smallest absolute Gasteiger partial charge is 0.332 e. The molecule has 0 bridgehead atoms. The van der Waals surface area contributed by atoms with Crippen molar-refractivity contribution < 1.29 is 38.9 Å². The van der Waals surface area contributed by atoms with Crippen LogP contribution in [0.3, 0.4) is 0 Å². The summed E-state index contributed by atoms with van der Waals surface area (Å²) in [5, 5.41) is 17.5. The maximum atomic E-state index is 10.8. The minimum Gasteiger partial charge on any atom is -0.478 e. The molecule has 0 saturated carbocycles. The number of carboxylic acid groups (broad SMARTS) is 2. The molecule has 0 unspecified atom stereocenters. The van der Waals surface area contributed by atoms with E-state index in [-0.39, 0.29) is 37.2 Å². The Morgan fingerprint density at radius 2 is 0.964 bits per heavy atom.